The van der Waals surface area contributed by atoms with Crippen LogP contribution in [0.15, 0.2) is 36.5 Å². The molecule has 0 aliphatic rings. The average molecular weight is 373 g/mol. The number of pyridine rings is 1. The maximum absolute atomic E-state index is 10.9. The number of carbonyl (C=O) groups is 1. The fraction of sp³-hybridized carbons (Fsp3) is 0.400. The van der Waals surface area contributed by atoms with Crippen LogP contribution in [0.3, 0.4) is 0 Å². The molecule has 0 saturated heterocycles. The van der Waals surface area contributed by atoms with E-state index in [0.29, 0.717) is 23.8 Å². The second-order valence-electron chi connectivity index (χ2n) is 7.33. The number of ether oxygens (including phenoxy) is 2. The van der Waals surface area contributed by atoms with Crippen molar-refractivity contribution in [3.05, 3.63) is 42.1 Å². The number of rotatable bonds is 8. The Hall–Kier alpha value is -2.64. The molecule has 2 aromatic rings. The molecule has 1 atom stereocenters. The molecule has 0 bridgehead atoms. The molecule has 146 valence electrons. The van der Waals surface area contributed by atoms with Gasteiger partial charge in [0.15, 0.2) is 0 Å². The average Bonchev–Trinajstić information content (AvgIpc) is 2.58. The molecule has 1 heterocycles. The Morgan fingerprint density at radius 3 is 2.59 bits per heavy atom. The van der Waals surface area contributed by atoms with E-state index in [4.69, 9.17) is 20.9 Å². The predicted octanol–water partition coefficient (Wildman–Crippen LogP) is 2.84. The van der Waals surface area contributed by atoms with E-state index in [1.165, 1.54) is 6.20 Å². The smallest absolute Gasteiger partial charge is 0.411 e. The molecule has 0 radical (unpaired) electrons. The number of hydrogen-bond acceptors (Lipinski definition) is 6. The number of amides is 1. The molecule has 0 spiro atoms. The fourth-order valence-corrected chi connectivity index (χ4v) is 3.01. The van der Waals surface area contributed by atoms with Gasteiger partial charge >= 0.3 is 6.09 Å². The van der Waals surface area contributed by atoms with Crippen molar-refractivity contribution in [2.24, 2.45) is 17.4 Å². The summed E-state index contributed by atoms with van der Waals surface area (Å²) in [5.74, 6) is 1.16. The van der Waals surface area contributed by atoms with Crippen LogP contribution in [0.4, 0.5) is 4.79 Å². The Kier molecular flexibility index (Phi) is 6.76. The largest absolute Gasteiger partial charge is 0.491 e. The molecule has 1 aromatic carbocycles. The quantitative estimate of drug-likeness (QED) is 0.654. The summed E-state index contributed by atoms with van der Waals surface area (Å²) in [5, 5.41) is 9.73. The standard InChI is InChI=1S/C20H27N3O4/c1-13(2)10-20(3,22)12-26-17-5-4-14(8-16(17)11-24)15-6-7-23-18(9-15)27-19(21)25/h4-9,13,24H,10-12,22H2,1-3H3,(H2,21,25)/t20-/m0/s1. The van der Waals surface area contributed by atoms with Gasteiger partial charge in [-0.3, -0.25) is 0 Å². The summed E-state index contributed by atoms with van der Waals surface area (Å²) in [6.45, 7) is 6.36. The highest BCUT2D eigenvalue weighted by Gasteiger charge is 2.21. The molecule has 7 nitrogen and oxygen atoms in total. The maximum atomic E-state index is 10.9. The summed E-state index contributed by atoms with van der Waals surface area (Å²) < 4.78 is 10.7. The lowest BCUT2D eigenvalue weighted by Gasteiger charge is -2.27. The van der Waals surface area contributed by atoms with Crippen LogP contribution in [-0.4, -0.2) is 28.3 Å². The maximum Gasteiger partial charge on any atom is 0.411 e. The summed E-state index contributed by atoms with van der Waals surface area (Å²) in [6, 6.07) is 8.83. The van der Waals surface area contributed by atoms with Crippen LogP contribution >= 0.6 is 0 Å². The van der Waals surface area contributed by atoms with Gasteiger partial charge in [-0.15, -0.1) is 0 Å². The first-order valence-corrected chi connectivity index (χ1v) is 8.79. The zero-order chi connectivity index (χ0) is 20.0. The van der Waals surface area contributed by atoms with Crippen molar-refractivity contribution in [2.45, 2.75) is 39.3 Å². The van der Waals surface area contributed by atoms with E-state index >= 15 is 0 Å². The predicted molar refractivity (Wildman–Crippen MR) is 103 cm³/mol. The lowest BCUT2D eigenvalue weighted by Crippen LogP contribution is -2.43. The molecule has 1 aromatic heterocycles. The third-order valence-electron chi connectivity index (χ3n) is 3.94. The minimum atomic E-state index is -0.925. The Morgan fingerprint density at radius 1 is 1.26 bits per heavy atom. The van der Waals surface area contributed by atoms with Gasteiger partial charge in [-0.2, -0.15) is 0 Å². The summed E-state index contributed by atoms with van der Waals surface area (Å²) >= 11 is 0. The van der Waals surface area contributed by atoms with Crippen LogP contribution < -0.4 is 20.9 Å². The van der Waals surface area contributed by atoms with Gasteiger partial charge in [0.2, 0.25) is 5.88 Å². The number of aromatic nitrogens is 1. The van der Waals surface area contributed by atoms with Gasteiger partial charge in [0.05, 0.1) is 6.61 Å². The van der Waals surface area contributed by atoms with Crippen LogP contribution in [0.2, 0.25) is 0 Å². The summed E-state index contributed by atoms with van der Waals surface area (Å²) in [7, 11) is 0. The fourth-order valence-electron chi connectivity index (χ4n) is 3.01. The van der Waals surface area contributed by atoms with Crippen molar-refractivity contribution in [3.63, 3.8) is 0 Å². The molecule has 0 saturated carbocycles. The van der Waals surface area contributed by atoms with E-state index in [0.717, 1.165) is 17.5 Å². The number of hydrogen-bond donors (Lipinski definition) is 3. The zero-order valence-corrected chi connectivity index (χ0v) is 15.9. The van der Waals surface area contributed by atoms with Crippen molar-refractivity contribution in [1.82, 2.24) is 4.98 Å². The highest BCUT2D eigenvalue weighted by molar-refractivity contribution is 5.70. The first-order chi connectivity index (χ1) is 12.7. The minimum absolute atomic E-state index is 0.110. The number of aliphatic hydroxyl groups excluding tert-OH is 1. The van der Waals surface area contributed by atoms with Crippen molar-refractivity contribution in [1.29, 1.82) is 0 Å². The number of nitrogens with zero attached hydrogens (tertiary/aromatic N) is 1. The van der Waals surface area contributed by atoms with E-state index in [2.05, 4.69) is 18.8 Å². The van der Waals surface area contributed by atoms with E-state index in [1.807, 2.05) is 19.1 Å². The van der Waals surface area contributed by atoms with Crippen LogP contribution in [0, 0.1) is 5.92 Å². The number of nitrogens with two attached hydrogens (primary N) is 2. The summed E-state index contributed by atoms with van der Waals surface area (Å²) in [5.41, 5.74) is 13.1. The molecule has 1 amide bonds. The number of benzene rings is 1. The molecule has 5 N–H and O–H groups in total. The Bertz CT molecular complexity index is 791. The molecule has 0 fully saturated rings. The Labute approximate surface area is 159 Å². The van der Waals surface area contributed by atoms with Gasteiger partial charge in [0.1, 0.15) is 12.4 Å². The van der Waals surface area contributed by atoms with Crippen molar-refractivity contribution < 1.29 is 19.4 Å². The third kappa shape index (κ3) is 6.23. The highest BCUT2D eigenvalue weighted by atomic mass is 16.6. The van der Waals surface area contributed by atoms with Gasteiger partial charge < -0.3 is 26.0 Å². The SMILES string of the molecule is CC(C)C[C@](C)(N)COc1ccc(-c2ccnc(OC(N)=O)c2)cc1CO. The van der Waals surface area contributed by atoms with E-state index in [1.54, 1.807) is 18.2 Å². The summed E-state index contributed by atoms with van der Waals surface area (Å²) in [4.78, 5) is 14.8. The number of primary amides is 1. The number of carbonyl (C=O) groups excluding carboxylic acids is 1. The van der Waals surface area contributed by atoms with Crippen LogP contribution in [-0.2, 0) is 6.61 Å². The van der Waals surface area contributed by atoms with Gasteiger partial charge in [0.25, 0.3) is 0 Å². The highest BCUT2D eigenvalue weighted by Crippen LogP contribution is 2.29. The molecule has 0 aliphatic carbocycles. The molecule has 0 unspecified atom stereocenters. The van der Waals surface area contributed by atoms with Crippen LogP contribution in [0.25, 0.3) is 11.1 Å². The molecule has 2 rings (SSSR count). The van der Waals surface area contributed by atoms with Crippen molar-refractivity contribution in [2.75, 3.05) is 6.61 Å². The Morgan fingerprint density at radius 2 is 1.96 bits per heavy atom. The van der Waals surface area contributed by atoms with Crippen molar-refractivity contribution >= 4 is 6.09 Å². The first-order valence-electron chi connectivity index (χ1n) is 8.79. The van der Waals surface area contributed by atoms with Gasteiger partial charge in [-0.1, -0.05) is 19.9 Å². The van der Waals surface area contributed by atoms with Crippen LogP contribution in [0.5, 0.6) is 11.6 Å². The normalized spacial score (nSPS) is 13.3. The van der Waals surface area contributed by atoms with Gasteiger partial charge in [-0.05, 0) is 48.6 Å². The van der Waals surface area contributed by atoms with Crippen LogP contribution in [0.1, 0.15) is 32.8 Å². The first kappa shape index (κ1) is 20.7. The van der Waals surface area contributed by atoms with Crippen molar-refractivity contribution in [3.8, 4) is 22.8 Å². The second-order valence-corrected chi connectivity index (χ2v) is 7.33. The zero-order valence-electron chi connectivity index (χ0n) is 15.9. The molecule has 27 heavy (non-hydrogen) atoms. The minimum Gasteiger partial charge on any atom is -0.491 e. The topological polar surface area (TPSA) is 121 Å². The molecule has 7 heteroatoms. The van der Waals surface area contributed by atoms with E-state index in [9.17, 15) is 9.90 Å². The number of aliphatic hydroxyl groups is 1. The second kappa shape index (κ2) is 8.83. The monoisotopic (exact) mass is 373 g/mol. The molecule has 0 aliphatic heterocycles. The van der Waals surface area contributed by atoms with E-state index < -0.39 is 11.6 Å². The summed E-state index contributed by atoms with van der Waals surface area (Å²) in [6.07, 6.45) is 1.42. The van der Waals surface area contributed by atoms with E-state index in [-0.39, 0.29) is 12.5 Å². The molecular formula is C20H27N3O4. The lowest BCUT2D eigenvalue weighted by atomic mass is 9.93. The van der Waals surface area contributed by atoms with Gasteiger partial charge in [0, 0.05) is 23.4 Å². The Balaban J connectivity index is 2.20. The lowest BCUT2D eigenvalue weighted by molar-refractivity contribution is 0.199. The van der Waals surface area contributed by atoms with Gasteiger partial charge in [-0.25, -0.2) is 9.78 Å². The molecular weight excluding hydrogens is 346 g/mol. The third-order valence-corrected chi connectivity index (χ3v) is 3.94.